The molecule has 0 spiro atoms. The molecular formula is C21H20ClNO3. The molecule has 2 heterocycles. The molecule has 1 saturated heterocycles. The highest BCUT2D eigenvalue weighted by Crippen LogP contribution is 2.32. The van der Waals surface area contributed by atoms with Gasteiger partial charge in [-0.3, -0.25) is 4.79 Å². The van der Waals surface area contributed by atoms with Crippen molar-refractivity contribution >= 4 is 28.5 Å². The highest BCUT2D eigenvalue weighted by atomic mass is 35.5. The van der Waals surface area contributed by atoms with Gasteiger partial charge < -0.3 is 14.4 Å². The second-order valence-corrected chi connectivity index (χ2v) is 7.29. The van der Waals surface area contributed by atoms with Gasteiger partial charge in [0.15, 0.2) is 5.76 Å². The Labute approximate surface area is 157 Å². The lowest BCUT2D eigenvalue weighted by molar-refractivity contribution is 0.0682. The molecule has 1 aliphatic rings. The molecule has 5 heteroatoms. The molecule has 4 nitrogen and oxygen atoms in total. The Morgan fingerprint density at radius 2 is 1.85 bits per heavy atom. The largest absolute Gasteiger partial charge is 0.508 e. The predicted molar refractivity (Wildman–Crippen MR) is 102 cm³/mol. The van der Waals surface area contributed by atoms with E-state index in [9.17, 15) is 9.90 Å². The number of carbonyl (C=O) groups excluding carboxylic acids is 1. The number of amides is 1. The summed E-state index contributed by atoms with van der Waals surface area (Å²) < 4.78 is 5.82. The molecule has 134 valence electrons. The van der Waals surface area contributed by atoms with Crippen molar-refractivity contribution in [2.75, 3.05) is 13.1 Å². The van der Waals surface area contributed by atoms with Gasteiger partial charge in [0.05, 0.1) is 0 Å². The van der Waals surface area contributed by atoms with Crippen molar-refractivity contribution in [3.05, 3.63) is 64.4 Å². The van der Waals surface area contributed by atoms with Crippen LogP contribution in [0.2, 0.25) is 5.02 Å². The van der Waals surface area contributed by atoms with E-state index < -0.39 is 0 Å². The monoisotopic (exact) mass is 369 g/mol. The van der Waals surface area contributed by atoms with Crippen LogP contribution in [0.4, 0.5) is 0 Å². The van der Waals surface area contributed by atoms with Gasteiger partial charge in [0.2, 0.25) is 0 Å². The van der Waals surface area contributed by atoms with Crippen LogP contribution in [0.25, 0.3) is 11.0 Å². The average Bonchev–Trinajstić information content (AvgIpc) is 2.98. The summed E-state index contributed by atoms with van der Waals surface area (Å²) >= 11 is 6.06. The van der Waals surface area contributed by atoms with Crippen molar-refractivity contribution in [3.8, 4) is 5.75 Å². The number of likely N-dealkylation sites (tertiary alicyclic amines) is 1. The van der Waals surface area contributed by atoms with Crippen LogP contribution in [0.5, 0.6) is 5.75 Å². The van der Waals surface area contributed by atoms with Gasteiger partial charge in [0, 0.05) is 29.1 Å². The van der Waals surface area contributed by atoms with E-state index in [2.05, 4.69) is 0 Å². The summed E-state index contributed by atoms with van der Waals surface area (Å²) in [6.07, 6.45) is 1.81. The summed E-state index contributed by atoms with van der Waals surface area (Å²) in [6, 6.07) is 12.8. The average molecular weight is 370 g/mol. The minimum Gasteiger partial charge on any atom is -0.508 e. The van der Waals surface area contributed by atoms with Gasteiger partial charge >= 0.3 is 0 Å². The Morgan fingerprint density at radius 1 is 1.15 bits per heavy atom. The molecule has 0 unspecified atom stereocenters. The molecule has 1 fully saturated rings. The van der Waals surface area contributed by atoms with Crippen LogP contribution in [0.1, 0.15) is 40.4 Å². The molecular weight excluding hydrogens is 350 g/mol. The summed E-state index contributed by atoms with van der Waals surface area (Å²) in [4.78, 5) is 14.8. The number of halogens is 1. The number of phenols is 1. The number of piperidine rings is 1. The lowest BCUT2D eigenvalue weighted by Gasteiger charge is -2.31. The van der Waals surface area contributed by atoms with Crippen LogP contribution in [0.3, 0.4) is 0 Å². The molecule has 0 aliphatic carbocycles. The first kappa shape index (κ1) is 17.0. The van der Waals surface area contributed by atoms with Gasteiger partial charge in [-0.15, -0.1) is 0 Å². The van der Waals surface area contributed by atoms with Gasteiger partial charge in [0.1, 0.15) is 11.3 Å². The molecule has 0 radical (unpaired) electrons. The summed E-state index contributed by atoms with van der Waals surface area (Å²) in [7, 11) is 0. The number of rotatable bonds is 2. The molecule has 1 N–H and O–H groups in total. The van der Waals surface area contributed by atoms with Crippen molar-refractivity contribution in [2.45, 2.75) is 25.7 Å². The number of phenolic OH excluding ortho intramolecular Hbond substituents is 1. The van der Waals surface area contributed by atoms with Gasteiger partial charge in [-0.25, -0.2) is 0 Å². The van der Waals surface area contributed by atoms with E-state index in [-0.39, 0.29) is 11.7 Å². The van der Waals surface area contributed by atoms with Crippen LogP contribution >= 0.6 is 11.6 Å². The van der Waals surface area contributed by atoms with Crippen LogP contribution in [0, 0.1) is 6.92 Å². The van der Waals surface area contributed by atoms with E-state index in [0.717, 1.165) is 23.8 Å². The first-order chi connectivity index (χ1) is 12.5. The minimum atomic E-state index is -0.0565. The number of benzene rings is 2. The van der Waals surface area contributed by atoms with Gasteiger partial charge in [0.25, 0.3) is 5.91 Å². The van der Waals surface area contributed by atoms with Crippen molar-refractivity contribution in [1.82, 2.24) is 4.90 Å². The van der Waals surface area contributed by atoms with E-state index in [4.69, 9.17) is 16.0 Å². The Morgan fingerprint density at radius 3 is 2.54 bits per heavy atom. The van der Waals surface area contributed by atoms with E-state index >= 15 is 0 Å². The number of carbonyl (C=O) groups is 1. The maximum absolute atomic E-state index is 12.9. The summed E-state index contributed by atoms with van der Waals surface area (Å²) in [5, 5.41) is 11.0. The molecule has 0 atom stereocenters. The molecule has 1 amide bonds. The SMILES string of the molecule is Cc1c(C(=O)N2CCC(c3ccc(O)cc3)CC2)oc2ccc(Cl)cc12. The maximum Gasteiger partial charge on any atom is 0.289 e. The van der Waals surface area contributed by atoms with E-state index in [0.29, 0.717) is 35.4 Å². The zero-order chi connectivity index (χ0) is 18.3. The topological polar surface area (TPSA) is 53.7 Å². The number of aromatic hydroxyl groups is 1. The van der Waals surface area contributed by atoms with Gasteiger partial charge in [-0.2, -0.15) is 0 Å². The molecule has 1 aromatic heterocycles. The highest BCUT2D eigenvalue weighted by Gasteiger charge is 2.28. The smallest absolute Gasteiger partial charge is 0.289 e. The van der Waals surface area contributed by atoms with E-state index in [1.165, 1.54) is 5.56 Å². The molecule has 1 aliphatic heterocycles. The Kier molecular flexibility index (Phi) is 4.37. The highest BCUT2D eigenvalue weighted by molar-refractivity contribution is 6.31. The third-order valence-electron chi connectivity index (χ3n) is 5.24. The number of furan rings is 1. The van der Waals surface area contributed by atoms with Crippen molar-refractivity contribution in [3.63, 3.8) is 0 Å². The number of fused-ring (bicyclic) bond motifs is 1. The van der Waals surface area contributed by atoms with Crippen LogP contribution < -0.4 is 0 Å². The minimum absolute atomic E-state index is 0.0565. The first-order valence-corrected chi connectivity index (χ1v) is 9.17. The number of nitrogens with zero attached hydrogens (tertiary/aromatic N) is 1. The zero-order valence-electron chi connectivity index (χ0n) is 14.5. The molecule has 26 heavy (non-hydrogen) atoms. The standard InChI is InChI=1S/C21H20ClNO3/c1-13-18-12-16(22)4-7-19(18)26-20(13)21(25)23-10-8-15(9-11-23)14-2-5-17(24)6-3-14/h2-7,12,15,24H,8-11H2,1H3. The molecule has 4 rings (SSSR count). The fraction of sp³-hybridized carbons (Fsp3) is 0.286. The second kappa shape index (κ2) is 6.69. The molecule has 2 aromatic carbocycles. The van der Waals surface area contributed by atoms with Gasteiger partial charge in [-0.05, 0) is 61.6 Å². The molecule has 0 bridgehead atoms. The second-order valence-electron chi connectivity index (χ2n) is 6.85. The predicted octanol–water partition coefficient (Wildman–Crippen LogP) is 5.12. The Balaban J connectivity index is 1.50. The van der Waals surface area contributed by atoms with E-state index in [1.54, 1.807) is 24.3 Å². The van der Waals surface area contributed by atoms with Crippen molar-refractivity contribution in [2.24, 2.45) is 0 Å². The summed E-state index contributed by atoms with van der Waals surface area (Å²) in [6.45, 7) is 3.29. The fourth-order valence-corrected chi connectivity index (χ4v) is 3.88. The van der Waals surface area contributed by atoms with Gasteiger partial charge in [-0.1, -0.05) is 23.7 Å². The summed E-state index contributed by atoms with van der Waals surface area (Å²) in [5.74, 6) is 1.04. The molecule has 0 saturated carbocycles. The third-order valence-corrected chi connectivity index (χ3v) is 5.47. The van der Waals surface area contributed by atoms with Crippen molar-refractivity contribution < 1.29 is 14.3 Å². The van der Waals surface area contributed by atoms with Crippen molar-refractivity contribution in [1.29, 1.82) is 0 Å². The normalized spacial score (nSPS) is 15.5. The van der Waals surface area contributed by atoms with Crippen LogP contribution in [-0.2, 0) is 0 Å². The lowest BCUT2D eigenvalue weighted by Crippen LogP contribution is -2.38. The number of aryl methyl sites for hydroxylation is 1. The quantitative estimate of drug-likeness (QED) is 0.682. The van der Waals surface area contributed by atoms with Crippen LogP contribution in [-0.4, -0.2) is 29.0 Å². The zero-order valence-corrected chi connectivity index (χ0v) is 15.3. The number of hydrogen-bond acceptors (Lipinski definition) is 3. The van der Waals surface area contributed by atoms with Crippen LogP contribution in [0.15, 0.2) is 46.9 Å². The first-order valence-electron chi connectivity index (χ1n) is 8.80. The summed E-state index contributed by atoms with van der Waals surface area (Å²) in [5.41, 5.74) is 2.74. The lowest BCUT2D eigenvalue weighted by atomic mass is 9.89. The third kappa shape index (κ3) is 3.06. The molecule has 3 aromatic rings. The fourth-order valence-electron chi connectivity index (χ4n) is 3.70. The number of hydrogen-bond donors (Lipinski definition) is 1. The Hall–Kier alpha value is -2.46. The van der Waals surface area contributed by atoms with E-state index in [1.807, 2.05) is 30.0 Å². The Bertz CT molecular complexity index is 953. The maximum atomic E-state index is 12.9.